The summed E-state index contributed by atoms with van der Waals surface area (Å²) in [5, 5.41) is 4.09. The molecule has 0 atom stereocenters. The number of hydrogen-bond donors (Lipinski definition) is 1. The highest BCUT2D eigenvalue weighted by Gasteiger charge is 2.05. The van der Waals surface area contributed by atoms with Crippen LogP contribution in [0.25, 0.3) is 0 Å². The fraction of sp³-hybridized carbons (Fsp3) is 0.312. The Labute approximate surface area is 124 Å². The zero-order chi connectivity index (χ0) is 14.2. The molecule has 0 radical (unpaired) electrons. The molecule has 4 heteroatoms. The van der Waals surface area contributed by atoms with Crippen LogP contribution in [-0.4, -0.2) is 11.5 Å². The van der Waals surface area contributed by atoms with Gasteiger partial charge in [-0.25, -0.2) is 0 Å². The number of ether oxygens (including phenoxy) is 1. The fourth-order valence-electron chi connectivity index (χ4n) is 1.86. The molecule has 0 amide bonds. The molecule has 0 unspecified atom stereocenters. The Hall–Kier alpha value is -1.58. The van der Waals surface area contributed by atoms with Gasteiger partial charge in [0.05, 0.1) is 5.69 Å². The van der Waals surface area contributed by atoms with Gasteiger partial charge in [0.15, 0.2) is 0 Å². The van der Waals surface area contributed by atoms with Crippen molar-refractivity contribution in [3.8, 4) is 5.75 Å². The molecule has 1 aromatic carbocycles. The molecule has 1 aromatic heterocycles. The molecule has 0 aliphatic heterocycles. The average Bonchev–Trinajstić information content (AvgIpc) is 2.48. The van der Waals surface area contributed by atoms with E-state index in [1.54, 1.807) is 6.20 Å². The van der Waals surface area contributed by atoms with Crippen LogP contribution in [-0.2, 0) is 13.2 Å². The molecule has 106 valence electrons. The lowest BCUT2D eigenvalue weighted by molar-refractivity contribution is 0.297. The van der Waals surface area contributed by atoms with E-state index in [9.17, 15) is 0 Å². The van der Waals surface area contributed by atoms with Crippen LogP contribution >= 0.6 is 11.6 Å². The first-order valence-corrected chi connectivity index (χ1v) is 7.19. The third-order valence-electron chi connectivity index (χ3n) is 2.87. The van der Waals surface area contributed by atoms with Crippen LogP contribution in [0.3, 0.4) is 0 Å². The maximum atomic E-state index is 6.05. The molecule has 0 saturated carbocycles. The van der Waals surface area contributed by atoms with Crippen molar-refractivity contribution >= 4 is 11.6 Å². The van der Waals surface area contributed by atoms with E-state index in [-0.39, 0.29) is 0 Å². The van der Waals surface area contributed by atoms with Crippen molar-refractivity contribution in [1.82, 2.24) is 10.3 Å². The number of nitrogens with one attached hydrogen (secondary N) is 1. The van der Waals surface area contributed by atoms with E-state index in [0.717, 1.165) is 41.5 Å². The van der Waals surface area contributed by atoms with Crippen molar-refractivity contribution in [1.29, 1.82) is 0 Å². The normalized spacial score (nSPS) is 10.5. The average molecular weight is 291 g/mol. The quantitative estimate of drug-likeness (QED) is 0.787. The van der Waals surface area contributed by atoms with Crippen LogP contribution < -0.4 is 10.1 Å². The topological polar surface area (TPSA) is 34.1 Å². The number of benzene rings is 1. The molecule has 0 aliphatic carbocycles. The van der Waals surface area contributed by atoms with Gasteiger partial charge in [0.1, 0.15) is 12.4 Å². The summed E-state index contributed by atoms with van der Waals surface area (Å²) < 4.78 is 5.85. The second-order valence-electron chi connectivity index (χ2n) is 4.54. The maximum Gasteiger partial charge on any atom is 0.130 e. The molecule has 1 N–H and O–H groups in total. The fourth-order valence-corrected chi connectivity index (χ4v) is 2.06. The van der Waals surface area contributed by atoms with Crippen molar-refractivity contribution in [3.05, 3.63) is 58.9 Å². The van der Waals surface area contributed by atoms with Crippen LogP contribution in [0.5, 0.6) is 5.75 Å². The first kappa shape index (κ1) is 14.8. The van der Waals surface area contributed by atoms with Crippen molar-refractivity contribution in [2.75, 3.05) is 6.54 Å². The molecule has 0 saturated heterocycles. The number of aromatic nitrogens is 1. The predicted octanol–water partition coefficient (Wildman–Crippen LogP) is 3.81. The van der Waals surface area contributed by atoms with Gasteiger partial charge in [-0.3, -0.25) is 4.98 Å². The summed E-state index contributed by atoms with van der Waals surface area (Å²) in [5.41, 5.74) is 1.98. The van der Waals surface area contributed by atoms with Gasteiger partial charge in [-0.15, -0.1) is 0 Å². The Morgan fingerprint density at radius 1 is 1.25 bits per heavy atom. The van der Waals surface area contributed by atoms with Gasteiger partial charge >= 0.3 is 0 Å². The van der Waals surface area contributed by atoms with Gasteiger partial charge in [0, 0.05) is 23.3 Å². The Morgan fingerprint density at radius 2 is 2.15 bits per heavy atom. The summed E-state index contributed by atoms with van der Waals surface area (Å²) in [6.45, 7) is 4.34. The molecular weight excluding hydrogens is 272 g/mol. The smallest absolute Gasteiger partial charge is 0.130 e. The molecule has 0 spiro atoms. The third-order valence-corrected chi connectivity index (χ3v) is 3.10. The minimum absolute atomic E-state index is 0.462. The van der Waals surface area contributed by atoms with E-state index in [2.05, 4.69) is 17.2 Å². The molecule has 3 nitrogen and oxygen atoms in total. The van der Waals surface area contributed by atoms with Gasteiger partial charge in [-0.1, -0.05) is 24.6 Å². The van der Waals surface area contributed by atoms with Gasteiger partial charge in [0.25, 0.3) is 0 Å². The zero-order valence-electron chi connectivity index (χ0n) is 11.6. The highest BCUT2D eigenvalue weighted by molar-refractivity contribution is 6.30. The second kappa shape index (κ2) is 7.88. The molecule has 0 bridgehead atoms. The summed E-state index contributed by atoms with van der Waals surface area (Å²) in [7, 11) is 0. The van der Waals surface area contributed by atoms with E-state index < -0.39 is 0 Å². The Morgan fingerprint density at radius 3 is 2.90 bits per heavy atom. The molecule has 2 rings (SSSR count). The van der Waals surface area contributed by atoms with Crippen molar-refractivity contribution in [2.45, 2.75) is 26.5 Å². The third kappa shape index (κ3) is 4.51. The second-order valence-corrected chi connectivity index (χ2v) is 4.98. The van der Waals surface area contributed by atoms with Gasteiger partial charge < -0.3 is 10.1 Å². The van der Waals surface area contributed by atoms with E-state index in [4.69, 9.17) is 16.3 Å². The Bertz CT molecular complexity index is 531. The van der Waals surface area contributed by atoms with Crippen LogP contribution in [0.15, 0.2) is 42.6 Å². The first-order chi connectivity index (χ1) is 9.79. The van der Waals surface area contributed by atoms with E-state index in [1.165, 1.54) is 0 Å². The van der Waals surface area contributed by atoms with Crippen molar-refractivity contribution in [3.63, 3.8) is 0 Å². The Balaban J connectivity index is 2.02. The monoisotopic (exact) mass is 290 g/mol. The summed E-state index contributed by atoms with van der Waals surface area (Å²) >= 11 is 6.05. The lowest BCUT2D eigenvalue weighted by Crippen LogP contribution is -2.14. The van der Waals surface area contributed by atoms with Crippen LogP contribution in [0.2, 0.25) is 5.02 Å². The standard InChI is InChI=1S/C16H19ClN2O/c1-2-8-18-11-13-10-14(17)6-7-16(13)20-12-15-5-3-4-9-19-15/h3-7,9-10,18H,2,8,11-12H2,1H3. The summed E-state index contributed by atoms with van der Waals surface area (Å²) in [5.74, 6) is 0.851. The van der Waals surface area contributed by atoms with Crippen molar-refractivity contribution < 1.29 is 4.74 Å². The lowest BCUT2D eigenvalue weighted by atomic mass is 10.2. The minimum atomic E-state index is 0.462. The number of hydrogen-bond acceptors (Lipinski definition) is 3. The first-order valence-electron chi connectivity index (χ1n) is 6.81. The molecule has 1 heterocycles. The molecule has 2 aromatic rings. The van der Waals surface area contributed by atoms with Gasteiger partial charge in [0.2, 0.25) is 0 Å². The Kier molecular flexibility index (Phi) is 5.84. The molecule has 0 aliphatic rings. The maximum absolute atomic E-state index is 6.05. The number of halogens is 1. The number of rotatable bonds is 7. The lowest BCUT2D eigenvalue weighted by Gasteiger charge is -2.12. The minimum Gasteiger partial charge on any atom is -0.487 e. The highest BCUT2D eigenvalue weighted by atomic mass is 35.5. The molecular formula is C16H19ClN2O. The van der Waals surface area contributed by atoms with E-state index in [1.807, 2.05) is 36.4 Å². The van der Waals surface area contributed by atoms with Gasteiger partial charge in [-0.05, 0) is 43.3 Å². The number of pyridine rings is 1. The SMILES string of the molecule is CCCNCc1cc(Cl)ccc1OCc1ccccn1. The highest BCUT2D eigenvalue weighted by Crippen LogP contribution is 2.23. The van der Waals surface area contributed by atoms with E-state index in [0.29, 0.717) is 6.61 Å². The predicted molar refractivity (Wildman–Crippen MR) is 82.0 cm³/mol. The number of nitrogens with zero attached hydrogens (tertiary/aromatic N) is 1. The largest absolute Gasteiger partial charge is 0.487 e. The summed E-state index contributed by atoms with van der Waals surface area (Å²) in [6, 6.07) is 11.5. The van der Waals surface area contributed by atoms with Gasteiger partial charge in [-0.2, -0.15) is 0 Å². The molecule has 20 heavy (non-hydrogen) atoms. The summed E-state index contributed by atoms with van der Waals surface area (Å²) in [6.07, 6.45) is 2.87. The van der Waals surface area contributed by atoms with Crippen LogP contribution in [0, 0.1) is 0 Å². The van der Waals surface area contributed by atoms with E-state index >= 15 is 0 Å². The molecule has 0 fully saturated rings. The van der Waals surface area contributed by atoms with Crippen LogP contribution in [0.4, 0.5) is 0 Å². The van der Waals surface area contributed by atoms with Crippen LogP contribution in [0.1, 0.15) is 24.6 Å². The zero-order valence-corrected chi connectivity index (χ0v) is 12.4. The van der Waals surface area contributed by atoms with Crippen molar-refractivity contribution in [2.24, 2.45) is 0 Å². The summed E-state index contributed by atoms with van der Waals surface area (Å²) in [4.78, 5) is 4.25.